The van der Waals surface area contributed by atoms with E-state index < -0.39 is 51.7 Å². The highest BCUT2D eigenvalue weighted by Crippen LogP contribution is 2.42. The Kier molecular flexibility index (Phi) is 5.05. The van der Waals surface area contributed by atoms with Crippen LogP contribution in [0.4, 0.5) is 30.7 Å². The highest BCUT2D eigenvalue weighted by molar-refractivity contribution is 7.98. The molecule has 0 saturated carbocycles. The number of benzene rings is 1. The summed E-state index contributed by atoms with van der Waals surface area (Å²) in [6.45, 7) is 0. The van der Waals surface area contributed by atoms with E-state index >= 15 is 0 Å². The smallest absolute Gasteiger partial charge is 0.300 e. The van der Waals surface area contributed by atoms with Crippen molar-refractivity contribution in [1.82, 2.24) is 9.97 Å². The maximum atomic E-state index is 14.3. The van der Waals surface area contributed by atoms with Gasteiger partial charge < -0.3 is 4.98 Å². The van der Waals surface area contributed by atoms with Gasteiger partial charge in [-0.15, -0.1) is 0 Å². The average molecular weight is 397 g/mol. The minimum absolute atomic E-state index is 0.145. The first kappa shape index (κ1) is 19.8. The Labute approximate surface area is 144 Å². The number of hydrogen-bond donors (Lipinski definition) is 1. The fourth-order valence-corrected chi connectivity index (χ4v) is 2.45. The minimum Gasteiger partial charge on any atom is -0.300 e. The largest absolute Gasteiger partial charge is 0.417 e. The number of halogens is 7. The van der Waals surface area contributed by atoms with Crippen molar-refractivity contribution in [2.45, 2.75) is 17.5 Å². The van der Waals surface area contributed by atoms with Crippen molar-refractivity contribution in [2.75, 3.05) is 6.26 Å². The lowest BCUT2D eigenvalue weighted by atomic mass is 9.97. The third-order valence-electron chi connectivity index (χ3n) is 3.16. The normalized spacial score (nSPS) is 12.1. The number of nitrogens with zero attached hydrogens (tertiary/aromatic N) is 2. The second-order valence-corrected chi connectivity index (χ2v) is 5.58. The van der Waals surface area contributed by atoms with Crippen molar-refractivity contribution < 1.29 is 30.7 Å². The molecule has 0 aliphatic heterocycles. The Hall–Kier alpha value is -2.55. The maximum absolute atomic E-state index is 14.3. The zero-order chi connectivity index (χ0) is 19.9. The summed E-state index contributed by atoms with van der Waals surface area (Å²) in [5.74, 6) is -1.91. The third kappa shape index (κ3) is 3.67. The zero-order valence-electron chi connectivity index (χ0n) is 12.5. The SMILES string of the molecule is CSc1nc(-c2c(F)cc(C(F)(F)F)cc2C(F)(F)F)c(C#N)c(=O)[nH]1. The van der Waals surface area contributed by atoms with Crippen LogP contribution in [0, 0.1) is 17.1 Å². The van der Waals surface area contributed by atoms with Crippen LogP contribution in [0.5, 0.6) is 0 Å². The topological polar surface area (TPSA) is 69.5 Å². The van der Waals surface area contributed by atoms with Crippen LogP contribution in [0.2, 0.25) is 0 Å². The van der Waals surface area contributed by atoms with Gasteiger partial charge in [0.1, 0.15) is 23.1 Å². The highest BCUT2D eigenvalue weighted by atomic mass is 32.2. The van der Waals surface area contributed by atoms with Crippen molar-refractivity contribution in [3.05, 3.63) is 45.0 Å². The third-order valence-corrected chi connectivity index (χ3v) is 3.74. The number of aromatic amines is 1. The van der Waals surface area contributed by atoms with E-state index in [1.807, 2.05) is 0 Å². The molecule has 1 aromatic heterocycles. The lowest BCUT2D eigenvalue weighted by Gasteiger charge is -2.17. The van der Waals surface area contributed by atoms with Gasteiger partial charge in [0.15, 0.2) is 5.16 Å². The van der Waals surface area contributed by atoms with Gasteiger partial charge in [0.05, 0.1) is 11.1 Å². The minimum atomic E-state index is -5.39. The zero-order valence-corrected chi connectivity index (χ0v) is 13.3. The van der Waals surface area contributed by atoms with Crippen LogP contribution in [-0.4, -0.2) is 16.2 Å². The molecule has 1 aromatic carbocycles. The van der Waals surface area contributed by atoms with Crippen molar-refractivity contribution >= 4 is 11.8 Å². The molecule has 4 nitrogen and oxygen atoms in total. The Balaban J connectivity index is 2.98. The summed E-state index contributed by atoms with van der Waals surface area (Å²) in [4.78, 5) is 17.5. The van der Waals surface area contributed by atoms with Crippen LogP contribution in [0.15, 0.2) is 22.1 Å². The number of nitrogens with one attached hydrogen (secondary N) is 1. The quantitative estimate of drug-likeness (QED) is 0.468. The van der Waals surface area contributed by atoms with Gasteiger partial charge in [-0.1, -0.05) is 11.8 Å². The van der Waals surface area contributed by atoms with Crippen molar-refractivity contribution in [3.63, 3.8) is 0 Å². The predicted molar refractivity (Wildman–Crippen MR) is 76.8 cm³/mol. The van der Waals surface area contributed by atoms with Crippen molar-refractivity contribution in [2.24, 2.45) is 0 Å². The summed E-state index contributed by atoms with van der Waals surface area (Å²) in [6, 6.07) is 0.857. The van der Waals surface area contributed by atoms with E-state index in [0.717, 1.165) is 11.8 Å². The number of rotatable bonds is 2. The summed E-state index contributed by atoms with van der Waals surface area (Å²) in [5.41, 5.74) is -8.34. The standard InChI is InChI=1S/C14H6F7N3OS/c1-26-12-23-10(6(4-22)11(25)24-12)9-7(14(19,20)21)2-5(3-8(9)15)13(16,17)18/h2-3H,1H3,(H,23,24,25). The molecular weight excluding hydrogens is 391 g/mol. The van der Waals surface area contributed by atoms with Crippen molar-refractivity contribution in [1.29, 1.82) is 5.26 Å². The van der Waals surface area contributed by atoms with Gasteiger partial charge in [-0.2, -0.15) is 31.6 Å². The maximum Gasteiger partial charge on any atom is 0.417 e. The molecule has 0 aliphatic rings. The van der Waals surface area contributed by atoms with Gasteiger partial charge >= 0.3 is 12.4 Å². The van der Waals surface area contributed by atoms with E-state index in [1.165, 1.54) is 12.3 Å². The Morgan fingerprint density at radius 1 is 1.15 bits per heavy atom. The van der Waals surface area contributed by atoms with E-state index in [1.54, 1.807) is 0 Å². The van der Waals surface area contributed by atoms with Crippen LogP contribution in [0.25, 0.3) is 11.3 Å². The van der Waals surface area contributed by atoms with Crippen LogP contribution >= 0.6 is 11.8 Å². The molecular formula is C14H6F7N3OS. The molecule has 0 atom stereocenters. The molecule has 2 aromatic rings. The van der Waals surface area contributed by atoms with Gasteiger partial charge in [0, 0.05) is 5.56 Å². The number of aromatic nitrogens is 2. The van der Waals surface area contributed by atoms with Crippen LogP contribution < -0.4 is 5.56 Å². The first-order valence-electron chi connectivity index (χ1n) is 6.46. The second kappa shape index (κ2) is 6.64. The fourth-order valence-electron chi connectivity index (χ4n) is 2.07. The molecule has 138 valence electrons. The van der Waals surface area contributed by atoms with Gasteiger partial charge in [0.2, 0.25) is 0 Å². The van der Waals surface area contributed by atoms with E-state index in [9.17, 15) is 35.5 Å². The molecule has 12 heteroatoms. The predicted octanol–water partition coefficient (Wildman–Crippen LogP) is 4.21. The van der Waals surface area contributed by atoms with Gasteiger partial charge in [-0.25, -0.2) is 9.37 Å². The Morgan fingerprint density at radius 3 is 2.23 bits per heavy atom. The molecule has 26 heavy (non-hydrogen) atoms. The van der Waals surface area contributed by atoms with Gasteiger partial charge in [-0.3, -0.25) is 4.79 Å². The average Bonchev–Trinajstić information content (AvgIpc) is 2.51. The lowest BCUT2D eigenvalue weighted by molar-refractivity contribution is -0.143. The van der Waals surface area contributed by atoms with Crippen molar-refractivity contribution in [3.8, 4) is 17.3 Å². The molecule has 1 N–H and O–H groups in total. The van der Waals surface area contributed by atoms with Crippen LogP contribution in [0.1, 0.15) is 16.7 Å². The molecule has 0 unspecified atom stereocenters. The van der Waals surface area contributed by atoms with E-state index in [4.69, 9.17) is 5.26 Å². The van der Waals surface area contributed by atoms with Crippen LogP contribution in [0.3, 0.4) is 0 Å². The molecule has 0 spiro atoms. The second-order valence-electron chi connectivity index (χ2n) is 4.79. The van der Waals surface area contributed by atoms with E-state index in [-0.39, 0.29) is 17.3 Å². The molecule has 0 saturated heterocycles. The summed E-state index contributed by atoms with van der Waals surface area (Å²) in [6.07, 6.45) is -9.24. The monoisotopic (exact) mass is 397 g/mol. The number of alkyl halides is 6. The van der Waals surface area contributed by atoms with Gasteiger partial charge in [-0.05, 0) is 18.4 Å². The number of thioether (sulfide) groups is 1. The fraction of sp³-hybridized carbons (Fsp3) is 0.214. The molecule has 2 rings (SSSR count). The molecule has 0 aliphatic carbocycles. The molecule has 1 heterocycles. The van der Waals surface area contributed by atoms with Crippen LogP contribution in [-0.2, 0) is 12.4 Å². The van der Waals surface area contributed by atoms with Gasteiger partial charge in [0.25, 0.3) is 5.56 Å². The summed E-state index contributed by atoms with van der Waals surface area (Å²) in [5, 5.41) is 8.75. The Morgan fingerprint density at radius 2 is 1.77 bits per heavy atom. The molecule has 0 bridgehead atoms. The molecule has 0 radical (unpaired) electrons. The molecule has 0 amide bonds. The molecule has 0 fully saturated rings. The van der Waals surface area contributed by atoms with E-state index in [0.29, 0.717) is 0 Å². The highest BCUT2D eigenvalue weighted by Gasteiger charge is 2.41. The lowest BCUT2D eigenvalue weighted by Crippen LogP contribution is -2.18. The number of H-pyrrole nitrogens is 1. The van der Waals surface area contributed by atoms with E-state index in [2.05, 4.69) is 9.97 Å². The first-order valence-corrected chi connectivity index (χ1v) is 7.69. The first-order chi connectivity index (χ1) is 11.9. The summed E-state index contributed by atoms with van der Waals surface area (Å²) >= 11 is 0.778. The summed E-state index contributed by atoms with van der Waals surface area (Å²) in [7, 11) is 0. The summed E-state index contributed by atoms with van der Waals surface area (Å²) < 4.78 is 92.3. The number of hydrogen-bond acceptors (Lipinski definition) is 4. The number of nitriles is 1. The Bertz CT molecular complexity index is 957.